The Morgan fingerprint density at radius 1 is 1.31 bits per heavy atom. The van der Waals surface area contributed by atoms with Gasteiger partial charge in [-0.2, -0.15) is 0 Å². The van der Waals surface area contributed by atoms with Gasteiger partial charge in [0.25, 0.3) is 11.1 Å². The van der Waals surface area contributed by atoms with Crippen molar-refractivity contribution in [2.45, 2.75) is 6.54 Å². The Morgan fingerprint density at radius 2 is 2.04 bits per heavy atom. The van der Waals surface area contributed by atoms with Gasteiger partial charge in [-0.3, -0.25) is 14.5 Å². The fourth-order valence-corrected chi connectivity index (χ4v) is 3.47. The average Bonchev–Trinajstić information content (AvgIpc) is 2.87. The van der Waals surface area contributed by atoms with Crippen LogP contribution in [0.2, 0.25) is 5.02 Å². The summed E-state index contributed by atoms with van der Waals surface area (Å²) >= 11 is 6.69. The molecule has 2 amide bonds. The maximum absolute atomic E-state index is 13.8. The lowest BCUT2D eigenvalue weighted by molar-refractivity contribution is -0.123. The summed E-state index contributed by atoms with van der Waals surface area (Å²) in [5.41, 5.74) is 0.742. The van der Waals surface area contributed by atoms with Gasteiger partial charge < -0.3 is 9.84 Å². The first kappa shape index (κ1) is 18.3. The first-order chi connectivity index (χ1) is 12.4. The van der Waals surface area contributed by atoms with Gasteiger partial charge in [-0.1, -0.05) is 29.8 Å². The van der Waals surface area contributed by atoms with Crippen LogP contribution in [0.4, 0.5) is 9.18 Å². The van der Waals surface area contributed by atoms with Gasteiger partial charge in [-0.15, -0.1) is 0 Å². The molecule has 2 aromatic carbocycles. The molecule has 5 nitrogen and oxygen atoms in total. The van der Waals surface area contributed by atoms with Crippen LogP contribution in [-0.2, 0) is 11.3 Å². The Hall–Kier alpha value is -2.51. The molecule has 2 aromatic rings. The predicted molar refractivity (Wildman–Crippen MR) is 97.6 cm³/mol. The molecule has 0 aromatic heterocycles. The van der Waals surface area contributed by atoms with Gasteiger partial charge in [-0.25, -0.2) is 4.39 Å². The number of phenols is 1. The summed E-state index contributed by atoms with van der Waals surface area (Å²) in [5.74, 6) is -1.06. The van der Waals surface area contributed by atoms with Crippen LogP contribution in [0.5, 0.6) is 11.5 Å². The molecule has 0 saturated carbocycles. The molecule has 3 rings (SSSR count). The number of thioether (sulfide) groups is 1. The zero-order valence-electron chi connectivity index (χ0n) is 13.5. The van der Waals surface area contributed by atoms with E-state index in [1.807, 2.05) is 0 Å². The standard InChI is InChI=1S/C18H13ClFNO4S/c1-25-14-7-10(6-12(19)16(14)22)8-15-17(23)21(18(24)26-15)9-11-4-2-3-5-13(11)20/h2-8,22H,9H2,1H3/b15-8-. The number of rotatable bonds is 4. The van der Waals surface area contributed by atoms with Crippen LogP contribution < -0.4 is 4.74 Å². The summed E-state index contributed by atoms with van der Waals surface area (Å²) in [6.45, 7) is -0.145. The first-order valence-electron chi connectivity index (χ1n) is 7.46. The summed E-state index contributed by atoms with van der Waals surface area (Å²) in [7, 11) is 1.37. The van der Waals surface area contributed by atoms with Gasteiger partial charge in [0.05, 0.1) is 23.6 Å². The highest BCUT2D eigenvalue weighted by molar-refractivity contribution is 8.18. The number of imide groups is 1. The number of aromatic hydroxyl groups is 1. The van der Waals surface area contributed by atoms with Crippen LogP contribution in [-0.4, -0.2) is 28.3 Å². The predicted octanol–water partition coefficient (Wildman–Crippen LogP) is 4.43. The van der Waals surface area contributed by atoms with E-state index >= 15 is 0 Å². The van der Waals surface area contributed by atoms with E-state index in [0.29, 0.717) is 5.56 Å². The monoisotopic (exact) mass is 393 g/mol. The minimum absolute atomic E-state index is 0.0567. The van der Waals surface area contributed by atoms with E-state index in [-0.39, 0.29) is 33.5 Å². The number of phenolic OH excluding ortho intramolecular Hbond substituents is 1. The molecule has 1 saturated heterocycles. The summed E-state index contributed by atoms with van der Waals surface area (Å²) in [5, 5.41) is 9.33. The number of nitrogens with zero attached hydrogens (tertiary/aromatic N) is 1. The number of halogens is 2. The number of amides is 2. The molecule has 0 unspecified atom stereocenters. The van der Waals surface area contributed by atoms with E-state index < -0.39 is 17.0 Å². The fraction of sp³-hybridized carbons (Fsp3) is 0.111. The Morgan fingerprint density at radius 3 is 2.73 bits per heavy atom. The van der Waals surface area contributed by atoms with Gasteiger partial charge >= 0.3 is 0 Å². The molecular weight excluding hydrogens is 381 g/mol. The summed E-state index contributed by atoms with van der Waals surface area (Å²) in [6, 6.07) is 8.91. The van der Waals surface area contributed by atoms with Crippen molar-refractivity contribution in [2.75, 3.05) is 7.11 Å². The molecule has 0 radical (unpaired) electrons. The molecule has 0 aliphatic carbocycles. The average molecular weight is 394 g/mol. The first-order valence-corrected chi connectivity index (χ1v) is 8.65. The highest BCUT2D eigenvalue weighted by Gasteiger charge is 2.35. The SMILES string of the molecule is COc1cc(/C=C2\SC(=O)N(Cc3ccccc3F)C2=O)cc(Cl)c1O. The Bertz CT molecular complexity index is 931. The third-order valence-electron chi connectivity index (χ3n) is 3.73. The van der Waals surface area contributed by atoms with Crippen molar-refractivity contribution >= 4 is 40.6 Å². The van der Waals surface area contributed by atoms with Crippen LogP contribution in [0.15, 0.2) is 41.3 Å². The quantitative estimate of drug-likeness (QED) is 0.778. The molecule has 1 aliphatic rings. The van der Waals surface area contributed by atoms with E-state index in [0.717, 1.165) is 16.7 Å². The molecular formula is C18H13ClFNO4S. The van der Waals surface area contributed by atoms with E-state index in [4.69, 9.17) is 16.3 Å². The van der Waals surface area contributed by atoms with E-state index in [1.165, 1.54) is 43.5 Å². The molecule has 1 aliphatic heterocycles. The largest absolute Gasteiger partial charge is 0.503 e. The van der Waals surface area contributed by atoms with E-state index in [9.17, 15) is 19.1 Å². The topological polar surface area (TPSA) is 66.8 Å². The van der Waals surface area contributed by atoms with Crippen molar-refractivity contribution in [3.63, 3.8) is 0 Å². The van der Waals surface area contributed by atoms with E-state index in [2.05, 4.69) is 0 Å². The number of carbonyl (C=O) groups is 2. The normalized spacial score (nSPS) is 15.8. The third-order valence-corrected chi connectivity index (χ3v) is 4.92. The second-order valence-corrected chi connectivity index (χ2v) is 6.81. The van der Waals surface area contributed by atoms with Crippen molar-refractivity contribution in [3.05, 3.63) is 63.3 Å². The van der Waals surface area contributed by atoms with Gasteiger partial charge in [0.2, 0.25) is 0 Å². The van der Waals surface area contributed by atoms with Gasteiger partial charge in [0.1, 0.15) is 5.82 Å². The number of hydrogen-bond acceptors (Lipinski definition) is 5. The summed E-state index contributed by atoms with van der Waals surface area (Å²) < 4.78 is 18.8. The van der Waals surface area contributed by atoms with Crippen LogP contribution in [0, 0.1) is 5.82 Å². The fourth-order valence-electron chi connectivity index (χ4n) is 2.42. The van der Waals surface area contributed by atoms with Gasteiger partial charge in [0.15, 0.2) is 11.5 Å². The molecule has 8 heteroatoms. The highest BCUT2D eigenvalue weighted by atomic mass is 35.5. The van der Waals surface area contributed by atoms with Gasteiger partial charge in [0, 0.05) is 5.56 Å². The number of benzene rings is 2. The molecule has 0 spiro atoms. The molecule has 0 atom stereocenters. The van der Waals surface area contributed by atoms with Crippen molar-refractivity contribution in [1.29, 1.82) is 0 Å². The van der Waals surface area contributed by atoms with Crippen molar-refractivity contribution < 1.29 is 23.8 Å². The molecule has 1 heterocycles. The minimum atomic E-state index is -0.522. The van der Waals surface area contributed by atoms with Gasteiger partial charge in [-0.05, 0) is 41.6 Å². The lowest BCUT2D eigenvalue weighted by Crippen LogP contribution is -2.27. The number of methoxy groups -OCH3 is 1. The molecule has 0 bridgehead atoms. The number of hydrogen-bond donors (Lipinski definition) is 1. The van der Waals surface area contributed by atoms with Crippen molar-refractivity contribution in [2.24, 2.45) is 0 Å². The van der Waals surface area contributed by atoms with Crippen LogP contribution in [0.25, 0.3) is 6.08 Å². The smallest absolute Gasteiger partial charge is 0.293 e. The Balaban J connectivity index is 1.88. The van der Waals surface area contributed by atoms with Crippen molar-refractivity contribution in [3.8, 4) is 11.5 Å². The zero-order valence-corrected chi connectivity index (χ0v) is 15.1. The maximum atomic E-state index is 13.8. The summed E-state index contributed by atoms with van der Waals surface area (Å²) in [4.78, 5) is 25.8. The number of carbonyl (C=O) groups excluding carboxylic acids is 2. The maximum Gasteiger partial charge on any atom is 0.293 e. The number of ether oxygens (including phenoxy) is 1. The van der Waals surface area contributed by atoms with Crippen LogP contribution in [0.1, 0.15) is 11.1 Å². The van der Waals surface area contributed by atoms with E-state index in [1.54, 1.807) is 6.07 Å². The zero-order chi connectivity index (χ0) is 18.8. The molecule has 26 heavy (non-hydrogen) atoms. The lowest BCUT2D eigenvalue weighted by atomic mass is 10.1. The lowest BCUT2D eigenvalue weighted by Gasteiger charge is -2.12. The molecule has 1 N–H and O–H groups in total. The minimum Gasteiger partial charge on any atom is -0.503 e. The van der Waals surface area contributed by atoms with Crippen molar-refractivity contribution in [1.82, 2.24) is 4.90 Å². The highest BCUT2D eigenvalue weighted by Crippen LogP contribution is 2.38. The second-order valence-electron chi connectivity index (χ2n) is 5.41. The molecule has 1 fully saturated rings. The van der Waals surface area contributed by atoms with Crippen LogP contribution in [0.3, 0.4) is 0 Å². The summed E-state index contributed by atoms with van der Waals surface area (Å²) in [6.07, 6.45) is 1.47. The Kier molecular flexibility index (Phi) is 5.20. The third kappa shape index (κ3) is 3.54. The second kappa shape index (κ2) is 7.39. The van der Waals surface area contributed by atoms with Crippen LogP contribution >= 0.6 is 23.4 Å². The molecule has 134 valence electrons. The Labute approximate surface area is 158 Å².